The second kappa shape index (κ2) is 5.82. The first kappa shape index (κ1) is 14.4. The Morgan fingerprint density at radius 2 is 2.12 bits per heavy atom. The zero-order valence-corrected chi connectivity index (χ0v) is 11.2. The van der Waals surface area contributed by atoms with Crippen molar-refractivity contribution in [3.8, 4) is 0 Å². The highest BCUT2D eigenvalue weighted by molar-refractivity contribution is 7.91. The van der Waals surface area contributed by atoms with Crippen molar-refractivity contribution >= 4 is 15.7 Å². The number of aliphatic hydroxyl groups is 1. The van der Waals surface area contributed by atoms with Crippen LogP contribution in [0.25, 0.3) is 0 Å². The summed E-state index contributed by atoms with van der Waals surface area (Å²) in [4.78, 5) is 13.5. The fraction of sp³-hybridized carbons (Fsp3) is 0.909. The fourth-order valence-electron chi connectivity index (χ4n) is 2.30. The van der Waals surface area contributed by atoms with Crippen molar-refractivity contribution in [2.45, 2.75) is 45.2 Å². The minimum atomic E-state index is -3.01. The average Bonchev–Trinajstić information content (AvgIpc) is 2.65. The van der Waals surface area contributed by atoms with E-state index in [9.17, 15) is 18.3 Å². The first-order valence-electron chi connectivity index (χ1n) is 6.07. The molecule has 1 fully saturated rings. The molecule has 1 amide bonds. The van der Waals surface area contributed by atoms with E-state index in [-0.39, 0.29) is 36.1 Å². The SMILES string of the molecule is CCC(=O)N(C(CC)CO)C1CCS(=O)(=O)C1. The lowest BCUT2D eigenvalue weighted by molar-refractivity contribution is -0.136. The molecule has 2 atom stereocenters. The van der Waals surface area contributed by atoms with Gasteiger partial charge in [0.2, 0.25) is 5.91 Å². The molecule has 0 saturated carbocycles. The fourth-order valence-corrected chi connectivity index (χ4v) is 4.01. The second-order valence-electron chi connectivity index (χ2n) is 4.46. The van der Waals surface area contributed by atoms with E-state index in [1.54, 1.807) is 11.8 Å². The maximum atomic E-state index is 11.9. The van der Waals surface area contributed by atoms with Crippen molar-refractivity contribution in [2.75, 3.05) is 18.1 Å². The van der Waals surface area contributed by atoms with Crippen LogP contribution in [0, 0.1) is 0 Å². The van der Waals surface area contributed by atoms with Crippen LogP contribution >= 0.6 is 0 Å². The van der Waals surface area contributed by atoms with Crippen molar-refractivity contribution in [1.82, 2.24) is 4.90 Å². The van der Waals surface area contributed by atoms with E-state index in [1.165, 1.54) is 0 Å². The molecule has 5 nitrogen and oxygen atoms in total. The highest BCUT2D eigenvalue weighted by Gasteiger charge is 2.36. The molecule has 1 N–H and O–H groups in total. The van der Waals surface area contributed by atoms with Gasteiger partial charge in [-0.2, -0.15) is 0 Å². The summed E-state index contributed by atoms with van der Waals surface area (Å²) in [6, 6.07) is -0.523. The summed E-state index contributed by atoms with van der Waals surface area (Å²) in [6.07, 6.45) is 1.47. The number of rotatable bonds is 5. The summed E-state index contributed by atoms with van der Waals surface area (Å²) < 4.78 is 22.9. The van der Waals surface area contributed by atoms with Crippen LogP contribution in [0.15, 0.2) is 0 Å². The average molecular weight is 263 g/mol. The second-order valence-corrected chi connectivity index (χ2v) is 6.68. The van der Waals surface area contributed by atoms with Crippen LogP contribution in [0.4, 0.5) is 0 Å². The monoisotopic (exact) mass is 263 g/mol. The predicted octanol–water partition coefficient (Wildman–Crippen LogP) is 0.183. The molecule has 0 spiro atoms. The molecule has 2 unspecified atom stereocenters. The summed E-state index contributed by atoms with van der Waals surface area (Å²) in [7, 11) is -3.01. The van der Waals surface area contributed by atoms with Crippen molar-refractivity contribution in [3.63, 3.8) is 0 Å². The molecule has 0 aromatic rings. The van der Waals surface area contributed by atoms with Crippen LogP contribution in [-0.2, 0) is 14.6 Å². The van der Waals surface area contributed by atoms with Gasteiger partial charge in [0.05, 0.1) is 24.2 Å². The van der Waals surface area contributed by atoms with Crippen LogP contribution in [0.1, 0.15) is 33.1 Å². The van der Waals surface area contributed by atoms with E-state index in [4.69, 9.17) is 0 Å². The summed E-state index contributed by atoms with van der Waals surface area (Å²) in [5.41, 5.74) is 0. The molecule has 6 heteroatoms. The molecule has 0 aromatic heterocycles. The lowest BCUT2D eigenvalue weighted by Crippen LogP contribution is -2.49. The number of carbonyl (C=O) groups excluding carboxylic acids is 1. The topological polar surface area (TPSA) is 74.7 Å². The quantitative estimate of drug-likeness (QED) is 0.768. The maximum Gasteiger partial charge on any atom is 0.222 e. The molecule has 17 heavy (non-hydrogen) atoms. The van der Waals surface area contributed by atoms with Crippen LogP contribution in [0.3, 0.4) is 0 Å². The third-order valence-electron chi connectivity index (χ3n) is 3.27. The summed E-state index contributed by atoms with van der Waals surface area (Å²) in [5, 5.41) is 9.29. The molecule has 1 aliphatic heterocycles. The van der Waals surface area contributed by atoms with Gasteiger partial charge >= 0.3 is 0 Å². The van der Waals surface area contributed by atoms with E-state index < -0.39 is 9.84 Å². The zero-order chi connectivity index (χ0) is 13.1. The van der Waals surface area contributed by atoms with E-state index in [2.05, 4.69) is 0 Å². The van der Waals surface area contributed by atoms with Crippen molar-refractivity contribution in [1.29, 1.82) is 0 Å². The Morgan fingerprint density at radius 3 is 2.47 bits per heavy atom. The molecule has 0 radical (unpaired) electrons. The maximum absolute atomic E-state index is 11.9. The number of aliphatic hydroxyl groups excluding tert-OH is 1. The van der Waals surface area contributed by atoms with Crippen LogP contribution in [0.5, 0.6) is 0 Å². The molecule has 0 aliphatic carbocycles. The van der Waals surface area contributed by atoms with Crippen LogP contribution in [-0.4, -0.2) is 54.5 Å². The zero-order valence-electron chi connectivity index (χ0n) is 10.4. The molecule has 0 bridgehead atoms. The molecular formula is C11H21NO4S. The summed E-state index contributed by atoms with van der Waals surface area (Å²) >= 11 is 0. The van der Waals surface area contributed by atoms with Gasteiger partial charge in [0.1, 0.15) is 0 Å². The van der Waals surface area contributed by atoms with Gasteiger partial charge in [-0.1, -0.05) is 13.8 Å². The first-order valence-corrected chi connectivity index (χ1v) is 7.89. The van der Waals surface area contributed by atoms with E-state index in [1.807, 2.05) is 6.92 Å². The molecule has 0 aromatic carbocycles. The smallest absolute Gasteiger partial charge is 0.222 e. The number of hydrogen-bond donors (Lipinski definition) is 1. The Bertz CT molecular complexity index is 362. The number of nitrogens with zero attached hydrogens (tertiary/aromatic N) is 1. The largest absolute Gasteiger partial charge is 0.394 e. The normalized spacial score (nSPS) is 24.5. The van der Waals surface area contributed by atoms with Gasteiger partial charge < -0.3 is 10.0 Å². The van der Waals surface area contributed by atoms with E-state index in [0.717, 1.165) is 0 Å². The van der Waals surface area contributed by atoms with Gasteiger partial charge in [-0.3, -0.25) is 4.79 Å². The number of amides is 1. The minimum Gasteiger partial charge on any atom is -0.394 e. The van der Waals surface area contributed by atoms with Crippen LogP contribution < -0.4 is 0 Å². The van der Waals surface area contributed by atoms with Crippen molar-refractivity contribution in [2.24, 2.45) is 0 Å². The van der Waals surface area contributed by atoms with Crippen LogP contribution in [0.2, 0.25) is 0 Å². The Morgan fingerprint density at radius 1 is 1.47 bits per heavy atom. The predicted molar refractivity (Wildman–Crippen MR) is 65.4 cm³/mol. The first-order chi connectivity index (χ1) is 7.95. The number of sulfone groups is 1. The van der Waals surface area contributed by atoms with Gasteiger partial charge in [-0.25, -0.2) is 8.42 Å². The van der Waals surface area contributed by atoms with Gasteiger partial charge in [0, 0.05) is 12.5 Å². The van der Waals surface area contributed by atoms with Gasteiger partial charge in [0.15, 0.2) is 9.84 Å². The molecule has 100 valence electrons. The lowest BCUT2D eigenvalue weighted by Gasteiger charge is -2.34. The van der Waals surface area contributed by atoms with E-state index in [0.29, 0.717) is 19.3 Å². The van der Waals surface area contributed by atoms with E-state index >= 15 is 0 Å². The molecule has 1 saturated heterocycles. The molecular weight excluding hydrogens is 242 g/mol. The third-order valence-corrected chi connectivity index (χ3v) is 5.02. The van der Waals surface area contributed by atoms with Gasteiger partial charge in [0.25, 0.3) is 0 Å². The van der Waals surface area contributed by atoms with Crippen molar-refractivity contribution in [3.05, 3.63) is 0 Å². The Balaban J connectivity index is 2.87. The van der Waals surface area contributed by atoms with Crippen molar-refractivity contribution < 1.29 is 18.3 Å². The highest BCUT2D eigenvalue weighted by atomic mass is 32.2. The molecule has 1 rings (SSSR count). The number of carbonyl (C=O) groups is 1. The molecule has 1 heterocycles. The standard InChI is InChI=1S/C11H21NO4S/c1-3-9(7-13)12(11(14)4-2)10-5-6-17(15,16)8-10/h9-10,13H,3-8H2,1-2H3. The third kappa shape index (κ3) is 3.42. The molecule has 1 aliphatic rings. The van der Waals surface area contributed by atoms with Gasteiger partial charge in [-0.05, 0) is 12.8 Å². The van der Waals surface area contributed by atoms with Gasteiger partial charge in [-0.15, -0.1) is 0 Å². The Labute approximate surface area is 103 Å². The lowest BCUT2D eigenvalue weighted by atomic mass is 10.1. The minimum absolute atomic E-state index is 0.0369. The number of hydrogen-bond acceptors (Lipinski definition) is 4. The highest BCUT2D eigenvalue weighted by Crippen LogP contribution is 2.22. The Kier molecular flexibility index (Phi) is 4.94. The summed E-state index contributed by atoms with van der Waals surface area (Å²) in [6.45, 7) is 3.53. The summed E-state index contributed by atoms with van der Waals surface area (Å²) in [5.74, 6) is 0.107. The Hall–Kier alpha value is -0.620.